The van der Waals surface area contributed by atoms with E-state index < -0.39 is 0 Å². The maximum Gasteiger partial charge on any atom is 0.305 e. The lowest BCUT2D eigenvalue weighted by Crippen LogP contribution is -2.02. The summed E-state index contributed by atoms with van der Waals surface area (Å²) < 4.78 is 4.89. The number of hydrogen-bond donors (Lipinski definition) is 0. The summed E-state index contributed by atoms with van der Waals surface area (Å²) in [7, 11) is 0. The van der Waals surface area contributed by atoms with Crippen molar-refractivity contribution in [3.63, 3.8) is 0 Å². The number of esters is 1. The number of rotatable bonds is 14. The van der Waals surface area contributed by atoms with Crippen molar-refractivity contribution < 1.29 is 9.53 Å². The van der Waals surface area contributed by atoms with E-state index in [-0.39, 0.29) is 5.97 Å². The molecular formula is C18H34O2. The molecule has 20 heavy (non-hydrogen) atoms. The summed E-state index contributed by atoms with van der Waals surface area (Å²) in [5, 5.41) is 0. The van der Waals surface area contributed by atoms with Crippen molar-refractivity contribution in [1.82, 2.24) is 0 Å². The molecule has 0 spiro atoms. The van der Waals surface area contributed by atoms with Crippen LogP contribution in [-0.4, -0.2) is 12.6 Å². The fourth-order valence-electron chi connectivity index (χ4n) is 2.22. The van der Waals surface area contributed by atoms with E-state index in [4.69, 9.17) is 4.74 Å². The Balaban J connectivity index is 3.14. The molecule has 2 nitrogen and oxygen atoms in total. The summed E-state index contributed by atoms with van der Waals surface area (Å²) in [5.74, 6) is -0.0560. The second-order valence-electron chi connectivity index (χ2n) is 5.43. The van der Waals surface area contributed by atoms with Crippen LogP contribution in [-0.2, 0) is 9.53 Å². The second kappa shape index (κ2) is 16.3. The molecule has 0 aliphatic rings. The van der Waals surface area contributed by atoms with Crippen LogP contribution in [0.25, 0.3) is 0 Å². The minimum Gasteiger partial charge on any atom is -0.466 e. The molecule has 118 valence electrons. The monoisotopic (exact) mass is 282 g/mol. The Hall–Kier alpha value is -0.790. The molecule has 0 saturated carbocycles. The van der Waals surface area contributed by atoms with Crippen LogP contribution in [0.15, 0.2) is 12.2 Å². The van der Waals surface area contributed by atoms with Crippen molar-refractivity contribution in [2.75, 3.05) is 6.61 Å². The highest BCUT2D eigenvalue weighted by Crippen LogP contribution is 2.09. The first-order valence-corrected chi connectivity index (χ1v) is 8.61. The Morgan fingerprint density at radius 2 is 1.35 bits per heavy atom. The van der Waals surface area contributed by atoms with Gasteiger partial charge in [-0.2, -0.15) is 0 Å². The molecule has 0 unspecified atom stereocenters. The molecule has 0 aliphatic carbocycles. The minimum atomic E-state index is -0.0560. The Morgan fingerprint density at radius 1 is 0.800 bits per heavy atom. The van der Waals surface area contributed by atoms with E-state index in [1.807, 2.05) is 6.92 Å². The van der Waals surface area contributed by atoms with Crippen molar-refractivity contribution in [3.8, 4) is 0 Å². The van der Waals surface area contributed by atoms with Crippen molar-refractivity contribution in [2.45, 2.75) is 90.9 Å². The van der Waals surface area contributed by atoms with Crippen LogP contribution >= 0.6 is 0 Å². The van der Waals surface area contributed by atoms with Crippen LogP contribution < -0.4 is 0 Å². The SMILES string of the molecule is CCCCCCCCCC=CCCCCC(=O)OCC. The number of carbonyl (C=O) groups excluding carboxylic acids is 1. The summed E-state index contributed by atoms with van der Waals surface area (Å²) in [6, 6.07) is 0. The lowest BCUT2D eigenvalue weighted by atomic mass is 10.1. The van der Waals surface area contributed by atoms with Gasteiger partial charge in [-0.15, -0.1) is 0 Å². The number of allylic oxidation sites excluding steroid dienone is 2. The Labute approximate surface area is 126 Å². The van der Waals surface area contributed by atoms with Gasteiger partial charge in [-0.05, 0) is 39.0 Å². The molecule has 0 aromatic heterocycles. The molecule has 0 rings (SSSR count). The van der Waals surface area contributed by atoms with Crippen LogP contribution in [0.2, 0.25) is 0 Å². The van der Waals surface area contributed by atoms with Crippen LogP contribution in [0.1, 0.15) is 90.9 Å². The lowest BCUT2D eigenvalue weighted by Gasteiger charge is -2.00. The maximum atomic E-state index is 11.1. The average Bonchev–Trinajstić information content (AvgIpc) is 2.44. The van der Waals surface area contributed by atoms with Gasteiger partial charge in [-0.1, -0.05) is 57.6 Å². The number of carbonyl (C=O) groups is 1. The minimum absolute atomic E-state index is 0.0560. The van der Waals surface area contributed by atoms with Gasteiger partial charge in [0, 0.05) is 6.42 Å². The predicted octanol–water partition coefficient (Wildman–Crippen LogP) is 5.81. The number of ether oxygens (including phenoxy) is 1. The molecule has 0 saturated heterocycles. The Kier molecular flexibility index (Phi) is 15.6. The third-order valence-electron chi connectivity index (χ3n) is 3.45. The van der Waals surface area contributed by atoms with Crippen molar-refractivity contribution >= 4 is 5.97 Å². The van der Waals surface area contributed by atoms with E-state index in [1.165, 1.54) is 51.4 Å². The Morgan fingerprint density at radius 3 is 1.95 bits per heavy atom. The van der Waals surface area contributed by atoms with Crippen LogP contribution in [0.3, 0.4) is 0 Å². The zero-order valence-electron chi connectivity index (χ0n) is 13.7. The van der Waals surface area contributed by atoms with Gasteiger partial charge in [0.25, 0.3) is 0 Å². The highest BCUT2D eigenvalue weighted by Gasteiger charge is 1.99. The summed E-state index contributed by atoms with van der Waals surface area (Å²) in [6.07, 6.45) is 19.1. The molecule has 0 bridgehead atoms. The summed E-state index contributed by atoms with van der Waals surface area (Å²) in [4.78, 5) is 11.1. The first-order valence-electron chi connectivity index (χ1n) is 8.61. The first kappa shape index (κ1) is 19.2. The van der Waals surface area contributed by atoms with Crippen molar-refractivity contribution in [1.29, 1.82) is 0 Å². The average molecular weight is 282 g/mol. The fourth-order valence-corrected chi connectivity index (χ4v) is 2.22. The topological polar surface area (TPSA) is 26.3 Å². The third kappa shape index (κ3) is 15.3. The van der Waals surface area contributed by atoms with Crippen molar-refractivity contribution in [2.24, 2.45) is 0 Å². The van der Waals surface area contributed by atoms with Gasteiger partial charge in [0.15, 0.2) is 0 Å². The molecule has 0 aliphatic heterocycles. The molecule has 0 heterocycles. The second-order valence-corrected chi connectivity index (χ2v) is 5.43. The van der Waals surface area contributed by atoms with E-state index in [1.54, 1.807) is 0 Å². The van der Waals surface area contributed by atoms with E-state index in [0.29, 0.717) is 13.0 Å². The van der Waals surface area contributed by atoms with Gasteiger partial charge < -0.3 is 4.74 Å². The number of hydrogen-bond acceptors (Lipinski definition) is 2. The van der Waals surface area contributed by atoms with E-state index >= 15 is 0 Å². The van der Waals surface area contributed by atoms with Gasteiger partial charge in [-0.3, -0.25) is 4.79 Å². The van der Waals surface area contributed by atoms with Gasteiger partial charge in [0.1, 0.15) is 0 Å². The molecule has 0 radical (unpaired) electrons. The highest BCUT2D eigenvalue weighted by molar-refractivity contribution is 5.69. The molecular weight excluding hydrogens is 248 g/mol. The van der Waals surface area contributed by atoms with Gasteiger partial charge in [0.05, 0.1) is 6.61 Å². The normalized spacial score (nSPS) is 11.1. The zero-order valence-corrected chi connectivity index (χ0v) is 13.7. The fraction of sp³-hybridized carbons (Fsp3) is 0.833. The van der Waals surface area contributed by atoms with Crippen molar-refractivity contribution in [3.05, 3.63) is 12.2 Å². The molecule has 0 aromatic rings. The van der Waals surface area contributed by atoms with Gasteiger partial charge >= 0.3 is 5.97 Å². The maximum absolute atomic E-state index is 11.1. The molecule has 0 fully saturated rings. The standard InChI is InChI=1S/C18H34O2/c1-3-5-6-7-8-9-10-11-12-13-14-15-16-17-18(19)20-4-2/h12-13H,3-11,14-17H2,1-2H3. The molecule has 0 atom stereocenters. The van der Waals surface area contributed by atoms with Gasteiger partial charge in [0.2, 0.25) is 0 Å². The van der Waals surface area contributed by atoms with E-state index in [9.17, 15) is 4.79 Å². The molecule has 0 aromatic carbocycles. The summed E-state index contributed by atoms with van der Waals surface area (Å²) >= 11 is 0. The third-order valence-corrected chi connectivity index (χ3v) is 3.45. The summed E-state index contributed by atoms with van der Waals surface area (Å²) in [5.41, 5.74) is 0. The van der Waals surface area contributed by atoms with Gasteiger partial charge in [-0.25, -0.2) is 0 Å². The quantitative estimate of drug-likeness (QED) is 0.228. The zero-order chi connectivity index (χ0) is 14.9. The van der Waals surface area contributed by atoms with Crippen LogP contribution in [0, 0.1) is 0 Å². The molecule has 2 heteroatoms. The first-order chi connectivity index (χ1) is 9.81. The molecule has 0 amide bonds. The summed E-state index contributed by atoms with van der Waals surface area (Å²) in [6.45, 7) is 4.61. The van der Waals surface area contributed by atoms with Crippen LogP contribution in [0.5, 0.6) is 0 Å². The molecule has 0 N–H and O–H groups in total. The van der Waals surface area contributed by atoms with E-state index in [0.717, 1.165) is 19.3 Å². The lowest BCUT2D eigenvalue weighted by molar-refractivity contribution is -0.143. The smallest absolute Gasteiger partial charge is 0.305 e. The van der Waals surface area contributed by atoms with Crippen LogP contribution in [0.4, 0.5) is 0 Å². The predicted molar refractivity (Wildman–Crippen MR) is 86.9 cm³/mol. The highest BCUT2D eigenvalue weighted by atomic mass is 16.5. The Bertz CT molecular complexity index is 234. The number of unbranched alkanes of at least 4 members (excludes halogenated alkanes) is 9. The van der Waals surface area contributed by atoms with E-state index in [2.05, 4.69) is 19.1 Å². The largest absolute Gasteiger partial charge is 0.466 e.